The zero-order chi connectivity index (χ0) is 10.1. The number of hydrogen-bond donors (Lipinski definition) is 0. The van der Waals surface area contributed by atoms with Gasteiger partial charge < -0.3 is 4.74 Å². The fourth-order valence-electron chi connectivity index (χ4n) is 1.94. The maximum atomic E-state index is 5.56. The lowest BCUT2D eigenvalue weighted by molar-refractivity contribution is -0.0721. The van der Waals surface area contributed by atoms with Crippen LogP contribution in [0.25, 0.3) is 0 Å². The lowest BCUT2D eigenvalue weighted by Gasteiger charge is -2.45. The molecule has 13 heavy (non-hydrogen) atoms. The second-order valence-electron chi connectivity index (χ2n) is 5.35. The van der Waals surface area contributed by atoms with Gasteiger partial charge in [0.25, 0.3) is 0 Å². The first-order valence-electron chi connectivity index (χ1n) is 5.18. The average Bonchev–Trinajstić information content (AvgIpc) is 2.03. The Morgan fingerprint density at radius 2 is 1.92 bits per heavy atom. The first-order valence-corrected chi connectivity index (χ1v) is 5.18. The molecule has 0 saturated carbocycles. The van der Waals surface area contributed by atoms with E-state index in [0.29, 0.717) is 0 Å². The Kier molecular flexibility index (Phi) is 3.03. The van der Waals surface area contributed by atoms with E-state index in [0.717, 1.165) is 6.54 Å². The molecule has 0 bridgehead atoms. The fraction of sp³-hybridized carbons (Fsp3) is 1.00. The number of nitrogens with zero attached hydrogens (tertiary/aromatic N) is 1. The van der Waals surface area contributed by atoms with Gasteiger partial charge in [-0.15, -0.1) is 0 Å². The van der Waals surface area contributed by atoms with E-state index >= 15 is 0 Å². The molecule has 2 nitrogen and oxygen atoms in total. The molecule has 1 aliphatic rings. The lowest BCUT2D eigenvalue weighted by atomic mass is 9.91. The van der Waals surface area contributed by atoms with Crippen LogP contribution in [0.4, 0.5) is 0 Å². The number of rotatable bonds is 1. The Labute approximate surface area is 82.3 Å². The van der Waals surface area contributed by atoms with Crippen molar-refractivity contribution in [1.82, 2.24) is 4.90 Å². The molecule has 1 fully saturated rings. The third-order valence-corrected chi connectivity index (χ3v) is 3.10. The second kappa shape index (κ2) is 3.58. The molecule has 0 aliphatic carbocycles. The topological polar surface area (TPSA) is 12.5 Å². The van der Waals surface area contributed by atoms with Gasteiger partial charge in [-0.3, -0.25) is 4.90 Å². The summed E-state index contributed by atoms with van der Waals surface area (Å²) in [6.07, 6.45) is 2.44. The summed E-state index contributed by atoms with van der Waals surface area (Å²) < 4.78 is 5.56. The summed E-state index contributed by atoms with van der Waals surface area (Å²) in [6.45, 7) is 11.3. The summed E-state index contributed by atoms with van der Waals surface area (Å²) in [6, 6.07) is 0. The Balaban J connectivity index is 2.62. The van der Waals surface area contributed by atoms with Crippen molar-refractivity contribution >= 4 is 0 Å². The van der Waals surface area contributed by atoms with Crippen LogP contribution in [0.1, 0.15) is 40.5 Å². The first-order chi connectivity index (χ1) is 5.87. The van der Waals surface area contributed by atoms with Gasteiger partial charge in [0.15, 0.2) is 0 Å². The average molecular weight is 185 g/mol. The van der Waals surface area contributed by atoms with Crippen molar-refractivity contribution in [1.29, 1.82) is 0 Å². The first kappa shape index (κ1) is 11.0. The van der Waals surface area contributed by atoms with Crippen LogP contribution in [0.15, 0.2) is 0 Å². The van der Waals surface area contributed by atoms with Gasteiger partial charge in [0.05, 0.1) is 5.60 Å². The molecule has 1 atom stereocenters. The Morgan fingerprint density at radius 3 is 2.38 bits per heavy atom. The van der Waals surface area contributed by atoms with Gasteiger partial charge in [-0.1, -0.05) is 0 Å². The smallest absolute Gasteiger partial charge is 0.0777 e. The number of ether oxygens (including phenoxy) is 1. The predicted molar refractivity (Wildman–Crippen MR) is 56.0 cm³/mol. The van der Waals surface area contributed by atoms with Gasteiger partial charge in [-0.2, -0.15) is 0 Å². The van der Waals surface area contributed by atoms with Gasteiger partial charge >= 0.3 is 0 Å². The zero-order valence-electron chi connectivity index (χ0n) is 9.68. The van der Waals surface area contributed by atoms with Crippen molar-refractivity contribution in [2.24, 2.45) is 0 Å². The second-order valence-corrected chi connectivity index (χ2v) is 5.35. The van der Waals surface area contributed by atoms with Crippen molar-refractivity contribution in [3.63, 3.8) is 0 Å². The lowest BCUT2D eigenvalue weighted by Crippen LogP contribution is -2.54. The van der Waals surface area contributed by atoms with Crippen LogP contribution in [0, 0.1) is 0 Å². The van der Waals surface area contributed by atoms with Crippen LogP contribution >= 0.6 is 0 Å². The molecule has 0 aromatic rings. The molecule has 0 aromatic heterocycles. The molecule has 0 unspecified atom stereocenters. The molecule has 1 saturated heterocycles. The Hall–Kier alpha value is -0.0800. The third kappa shape index (κ3) is 2.68. The van der Waals surface area contributed by atoms with Crippen molar-refractivity contribution in [2.45, 2.75) is 51.7 Å². The molecule has 1 aliphatic heterocycles. The van der Waals surface area contributed by atoms with Crippen LogP contribution in [-0.2, 0) is 4.74 Å². The molecule has 0 amide bonds. The fourth-order valence-corrected chi connectivity index (χ4v) is 1.94. The highest BCUT2D eigenvalue weighted by atomic mass is 16.5. The minimum absolute atomic E-state index is 0.0749. The molecule has 0 spiro atoms. The minimum Gasteiger partial charge on any atom is -0.377 e. The van der Waals surface area contributed by atoms with Gasteiger partial charge in [-0.25, -0.2) is 0 Å². The highest BCUT2D eigenvalue weighted by Crippen LogP contribution is 2.28. The largest absolute Gasteiger partial charge is 0.377 e. The van der Waals surface area contributed by atoms with Crippen LogP contribution in [0.5, 0.6) is 0 Å². The van der Waals surface area contributed by atoms with Gasteiger partial charge in [0.2, 0.25) is 0 Å². The van der Waals surface area contributed by atoms with Crippen LogP contribution in [0.3, 0.4) is 0 Å². The van der Waals surface area contributed by atoms with Crippen LogP contribution in [-0.4, -0.2) is 36.2 Å². The molecule has 0 aromatic carbocycles. The Bertz CT molecular complexity index is 173. The van der Waals surface area contributed by atoms with Crippen molar-refractivity contribution < 1.29 is 4.74 Å². The summed E-state index contributed by atoms with van der Waals surface area (Å²) >= 11 is 0. The van der Waals surface area contributed by atoms with Crippen molar-refractivity contribution in [3.8, 4) is 0 Å². The molecule has 0 radical (unpaired) electrons. The summed E-state index contributed by atoms with van der Waals surface area (Å²) in [5, 5.41) is 0. The molecule has 1 rings (SSSR count). The number of methoxy groups -OCH3 is 1. The summed E-state index contributed by atoms with van der Waals surface area (Å²) in [4.78, 5) is 2.51. The molecule has 2 heteroatoms. The summed E-state index contributed by atoms with van der Waals surface area (Å²) in [5.41, 5.74) is 0.353. The minimum atomic E-state index is 0.0749. The summed E-state index contributed by atoms with van der Waals surface area (Å²) in [7, 11) is 1.83. The van der Waals surface area contributed by atoms with E-state index in [2.05, 4.69) is 32.6 Å². The van der Waals surface area contributed by atoms with Gasteiger partial charge in [0, 0.05) is 19.2 Å². The van der Waals surface area contributed by atoms with Gasteiger partial charge in [-0.05, 0) is 47.1 Å². The number of hydrogen-bond acceptors (Lipinski definition) is 2. The van der Waals surface area contributed by atoms with E-state index in [1.807, 2.05) is 7.11 Å². The normalized spacial score (nSPS) is 32.1. The quantitative estimate of drug-likeness (QED) is 0.621. The van der Waals surface area contributed by atoms with Crippen LogP contribution < -0.4 is 0 Å². The highest BCUT2D eigenvalue weighted by Gasteiger charge is 2.35. The van der Waals surface area contributed by atoms with E-state index in [-0.39, 0.29) is 11.1 Å². The van der Waals surface area contributed by atoms with E-state index < -0.39 is 0 Å². The van der Waals surface area contributed by atoms with E-state index in [4.69, 9.17) is 4.74 Å². The predicted octanol–water partition coefficient (Wildman–Crippen LogP) is 2.29. The Morgan fingerprint density at radius 1 is 1.31 bits per heavy atom. The highest BCUT2D eigenvalue weighted by molar-refractivity contribution is 4.89. The molecule has 1 heterocycles. The van der Waals surface area contributed by atoms with E-state index in [1.165, 1.54) is 19.4 Å². The van der Waals surface area contributed by atoms with Crippen molar-refractivity contribution in [2.75, 3.05) is 20.2 Å². The summed E-state index contributed by atoms with van der Waals surface area (Å²) in [5.74, 6) is 0. The maximum absolute atomic E-state index is 5.56. The molecular weight excluding hydrogens is 162 g/mol. The maximum Gasteiger partial charge on any atom is 0.0777 e. The number of likely N-dealkylation sites (tertiary alicyclic amines) is 1. The van der Waals surface area contributed by atoms with Crippen LogP contribution in [0.2, 0.25) is 0 Å². The van der Waals surface area contributed by atoms with Gasteiger partial charge in [0.1, 0.15) is 0 Å². The van der Waals surface area contributed by atoms with Crippen molar-refractivity contribution in [3.05, 3.63) is 0 Å². The standard InChI is InChI=1S/C11H23NO/c1-10(2,3)12-8-6-7-11(4,9-12)13-5/h6-9H2,1-5H3/t11-/m1/s1. The zero-order valence-corrected chi connectivity index (χ0v) is 9.68. The van der Waals surface area contributed by atoms with E-state index in [1.54, 1.807) is 0 Å². The SMILES string of the molecule is CO[C@]1(C)CCCN(C(C)(C)C)C1. The monoisotopic (exact) mass is 185 g/mol. The van der Waals surface area contributed by atoms with E-state index in [9.17, 15) is 0 Å². The third-order valence-electron chi connectivity index (χ3n) is 3.10. The number of piperidine rings is 1. The molecular formula is C11H23NO. The molecule has 0 N–H and O–H groups in total. The molecule has 78 valence electrons.